The zero-order chi connectivity index (χ0) is 13.1. The number of nitrogens with zero attached hydrogens (tertiary/aromatic N) is 3. The van der Waals surface area contributed by atoms with Gasteiger partial charge in [0.2, 0.25) is 5.82 Å². The van der Waals surface area contributed by atoms with Crippen molar-refractivity contribution in [3.8, 4) is 23.1 Å². The van der Waals surface area contributed by atoms with Crippen molar-refractivity contribution in [2.24, 2.45) is 5.73 Å². The van der Waals surface area contributed by atoms with Gasteiger partial charge in [0.25, 0.3) is 5.89 Å². The highest BCUT2D eigenvalue weighted by molar-refractivity contribution is 5.56. The molecule has 6 nitrogen and oxygen atoms in total. The van der Waals surface area contributed by atoms with E-state index >= 15 is 0 Å². The number of benzene rings is 1. The molecular weight excluding hydrogens is 242 g/mol. The Bertz CT molecular complexity index is 642. The molecule has 3 aromatic rings. The molecule has 0 unspecified atom stereocenters. The zero-order valence-electron chi connectivity index (χ0n) is 10.2. The predicted octanol–water partition coefficient (Wildman–Crippen LogP) is 1.63. The van der Waals surface area contributed by atoms with E-state index in [0.29, 0.717) is 24.1 Å². The van der Waals surface area contributed by atoms with Crippen LogP contribution in [0, 0.1) is 0 Å². The van der Waals surface area contributed by atoms with Crippen LogP contribution in [-0.4, -0.2) is 26.7 Å². The number of hydrogen-bond donors (Lipinski definition) is 2. The highest BCUT2D eigenvalue weighted by Crippen LogP contribution is 2.20. The van der Waals surface area contributed by atoms with Crippen LogP contribution >= 0.6 is 0 Å². The molecule has 3 rings (SSSR count). The van der Waals surface area contributed by atoms with Crippen molar-refractivity contribution in [2.75, 3.05) is 6.54 Å². The number of aromatic amines is 1. The lowest BCUT2D eigenvalue weighted by Gasteiger charge is -1.98. The Balaban J connectivity index is 1.86. The molecule has 2 aromatic heterocycles. The zero-order valence-corrected chi connectivity index (χ0v) is 10.2. The summed E-state index contributed by atoms with van der Waals surface area (Å²) >= 11 is 0. The lowest BCUT2D eigenvalue weighted by atomic mass is 10.1. The van der Waals surface area contributed by atoms with Crippen molar-refractivity contribution in [2.45, 2.75) is 6.42 Å². The minimum absolute atomic E-state index is 0.450. The minimum atomic E-state index is 0.450. The fourth-order valence-electron chi connectivity index (χ4n) is 1.81. The molecule has 0 amide bonds. The van der Waals surface area contributed by atoms with Crippen molar-refractivity contribution in [3.05, 3.63) is 42.2 Å². The molecule has 0 aliphatic carbocycles. The monoisotopic (exact) mass is 255 g/mol. The summed E-state index contributed by atoms with van der Waals surface area (Å²) in [6.45, 7) is 0.641. The van der Waals surface area contributed by atoms with Crippen molar-refractivity contribution in [1.29, 1.82) is 0 Å². The molecule has 0 saturated heterocycles. The van der Waals surface area contributed by atoms with Gasteiger partial charge in [-0.2, -0.15) is 4.98 Å². The third kappa shape index (κ3) is 2.38. The maximum Gasteiger partial charge on any atom is 0.258 e. The molecule has 0 bridgehead atoms. The van der Waals surface area contributed by atoms with E-state index < -0.39 is 0 Å². The molecular formula is C13H13N5O. The second kappa shape index (κ2) is 5.03. The maximum atomic E-state index is 5.52. The predicted molar refractivity (Wildman–Crippen MR) is 70.1 cm³/mol. The van der Waals surface area contributed by atoms with Crippen LogP contribution in [0.5, 0.6) is 0 Å². The van der Waals surface area contributed by atoms with Crippen molar-refractivity contribution in [1.82, 2.24) is 20.1 Å². The van der Waals surface area contributed by atoms with Gasteiger partial charge in [0, 0.05) is 18.0 Å². The fourth-order valence-corrected chi connectivity index (χ4v) is 1.81. The molecule has 96 valence electrons. The van der Waals surface area contributed by atoms with Gasteiger partial charge in [-0.25, -0.2) is 4.98 Å². The van der Waals surface area contributed by atoms with Gasteiger partial charge in [-0.3, -0.25) is 0 Å². The summed E-state index contributed by atoms with van der Waals surface area (Å²) in [7, 11) is 0. The van der Waals surface area contributed by atoms with E-state index in [0.717, 1.165) is 12.0 Å². The topological polar surface area (TPSA) is 93.6 Å². The van der Waals surface area contributed by atoms with Crippen LogP contribution in [0.2, 0.25) is 0 Å². The van der Waals surface area contributed by atoms with Gasteiger partial charge in [0.05, 0.1) is 0 Å². The Kier molecular flexibility index (Phi) is 3.07. The first-order valence-corrected chi connectivity index (χ1v) is 5.99. The fraction of sp³-hybridized carbons (Fsp3) is 0.154. The van der Waals surface area contributed by atoms with Crippen LogP contribution in [0.15, 0.2) is 41.2 Å². The molecule has 0 radical (unpaired) electrons. The molecule has 3 N–H and O–H groups in total. The van der Waals surface area contributed by atoms with Crippen LogP contribution in [0.4, 0.5) is 0 Å². The Morgan fingerprint density at radius 1 is 1.21 bits per heavy atom. The first kappa shape index (κ1) is 11.6. The lowest BCUT2D eigenvalue weighted by Crippen LogP contribution is -2.02. The smallest absolute Gasteiger partial charge is 0.258 e. The SMILES string of the molecule is NCCc1ccc(-c2nc(-c3ncc[nH]3)no2)cc1. The van der Waals surface area contributed by atoms with Gasteiger partial charge in [0.1, 0.15) is 0 Å². The summed E-state index contributed by atoms with van der Waals surface area (Å²) in [5.41, 5.74) is 7.59. The second-order valence-corrected chi connectivity index (χ2v) is 4.10. The Hall–Kier alpha value is -2.47. The summed E-state index contributed by atoms with van der Waals surface area (Å²) in [6, 6.07) is 7.92. The summed E-state index contributed by atoms with van der Waals surface area (Å²) in [6.07, 6.45) is 4.22. The minimum Gasteiger partial charge on any atom is -0.342 e. The Morgan fingerprint density at radius 3 is 2.74 bits per heavy atom. The molecule has 2 heterocycles. The first-order valence-electron chi connectivity index (χ1n) is 5.99. The average Bonchev–Trinajstić information content (AvgIpc) is 3.11. The van der Waals surface area contributed by atoms with E-state index in [4.69, 9.17) is 10.3 Å². The van der Waals surface area contributed by atoms with Gasteiger partial charge >= 0.3 is 0 Å². The number of imidazole rings is 1. The van der Waals surface area contributed by atoms with E-state index in [1.54, 1.807) is 12.4 Å². The Morgan fingerprint density at radius 2 is 2.05 bits per heavy atom. The maximum absolute atomic E-state index is 5.52. The summed E-state index contributed by atoms with van der Waals surface area (Å²) in [5, 5.41) is 3.89. The van der Waals surface area contributed by atoms with Gasteiger partial charge in [0.15, 0.2) is 5.82 Å². The Labute approximate surface area is 109 Å². The number of aromatic nitrogens is 4. The molecule has 0 atom stereocenters. The quantitative estimate of drug-likeness (QED) is 0.739. The first-order chi connectivity index (χ1) is 9.36. The highest BCUT2D eigenvalue weighted by Gasteiger charge is 2.11. The lowest BCUT2D eigenvalue weighted by molar-refractivity contribution is 0.432. The normalized spacial score (nSPS) is 10.8. The summed E-state index contributed by atoms with van der Waals surface area (Å²) in [4.78, 5) is 11.3. The molecule has 0 aliphatic rings. The van der Waals surface area contributed by atoms with E-state index in [-0.39, 0.29) is 0 Å². The molecule has 19 heavy (non-hydrogen) atoms. The molecule has 6 heteroatoms. The second-order valence-electron chi connectivity index (χ2n) is 4.10. The van der Waals surface area contributed by atoms with E-state index in [1.165, 1.54) is 5.56 Å². The number of H-pyrrole nitrogens is 1. The molecule has 0 aliphatic heterocycles. The van der Waals surface area contributed by atoms with Crippen molar-refractivity contribution >= 4 is 0 Å². The summed E-state index contributed by atoms with van der Waals surface area (Å²) < 4.78 is 5.23. The van der Waals surface area contributed by atoms with Crippen molar-refractivity contribution < 1.29 is 4.52 Å². The number of rotatable bonds is 4. The van der Waals surface area contributed by atoms with E-state index in [1.807, 2.05) is 24.3 Å². The standard InChI is InChI=1S/C13H13N5O/c14-6-5-9-1-3-10(4-2-9)13-17-12(18-19-13)11-15-7-8-16-11/h1-4,7-8H,5-6,14H2,(H,15,16). The van der Waals surface area contributed by atoms with Gasteiger partial charge in [-0.15, -0.1) is 0 Å². The van der Waals surface area contributed by atoms with Crippen LogP contribution in [-0.2, 0) is 6.42 Å². The number of hydrogen-bond acceptors (Lipinski definition) is 5. The van der Waals surface area contributed by atoms with E-state index in [9.17, 15) is 0 Å². The number of nitrogens with one attached hydrogen (secondary N) is 1. The third-order valence-electron chi connectivity index (χ3n) is 2.77. The molecule has 0 fully saturated rings. The number of nitrogens with two attached hydrogens (primary N) is 1. The molecule has 0 spiro atoms. The van der Waals surface area contributed by atoms with Gasteiger partial charge < -0.3 is 15.2 Å². The van der Waals surface area contributed by atoms with Crippen LogP contribution < -0.4 is 5.73 Å². The molecule has 1 aromatic carbocycles. The van der Waals surface area contributed by atoms with Crippen LogP contribution in [0.25, 0.3) is 23.1 Å². The third-order valence-corrected chi connectivity index (χ3v) is 2.77. The van der Waals surface area contributed by atoms with Crippen LogP contribution in [0.1, 0.15) is 5.56 Å². The van der Waals surface area contributed by atoms with Crippen LogP contribution in [0.3, 0.4) is 0 Å². The average molecular weight is 255 g/mol. The van der Waals surface area contributed by atoms with Crippen molar-refractivity contribution in [3.63, 3.8) is 0 Å². The van der Waals surface area contributed by atoms with E-state index in [2.05, 4.69) is 20.1 Å². The summed E-state index contributed by atoms with van der Waals surface area (Å²) in [5.74, 6) is 1.52. The highest BCUT2D eigenvalue weighted by atomic mass is 16.5. The van der Waals surface area contributed by atoms with Gasteiger partial charge in [-0.05, 0) is 30.7 Å². The molecule has 0 saturated carbocycles. The largest absolute Gasteiger partial charge is 0.342 e. The van der Waals surface area contributed by atoms with Gasteiger partial charge in [-0.1, -0.05) is 17.3 Å².